The number of hydrogen-bond acceptors (Lipinski definition) is 2. The lowest BCUT2D eigenvalue weighted by Crippen LogP contribution is -2.11. The molecule has 1 radical (unpaired) electrons. The van der Waals surface area contributed by atoms with Crippen molar-refractivity contribution >= 4 is 0 Å². The molecule has 0 aliphatic rings. The molecule has 0 N–H and O–H groups in total. The summed E-state index contributed by atoms with van der Waals surface area (Å²) in [6, 6.07) is 0. The van der Waals surface area contributed by atoms with E-state index < -0.39 is 0 Å². The highest BCUT2D eigenvalue weighted by Gasteiger charge is 2.14. The predicted molar refractivity (Wildman–Crippen MR) is 198 cm³/mol. The van der Waals surface area contributed by atoms with Crippen LogP contribution >= 0.6 is 0 Å². The monoisotopic (exact) mass is 612 g/mol. The summed E-state index contributed by atoms with van der Waals surface area (Å²) in [5, 5.41) is 0. The third kappa shape index (κ3) is 23.4. The zero-order chi connectivity index (χ0) is 31.8. The summed E-state index contributed by atoms with van der Waals surface area (Å²) >= 11 is 0. The molecule has 0 amide bonds. The van der Waals surface area contributed by atoms with E-state index in [1.165, 1.54) is 216 Å². The van der Waals surface area contributed by atoms with E-state index in [0.717, 1.165) is 18.7 Å². The van der Waals surface area contributed by atoms with Gasteiger partial charge in [-0.25, -0.2) is 9.97 Å². The van der Waals surface area contributed by atoms with E-state index in [-0.39, 0.29) is 0 Å². The summed E-state index contributed by atoms with van der Waals surface area (Å²) in [6.45, 7) is 11.1. The number of rotatable bonds is 34. The van der Waals surface area contributed by atoms with E-state index >= 15 is 0 Å². The Bertz CT molecular complexity index is 681. The first-order valence-corrected chi connectivity index (χ1v) is 20.4. The lowest BCUT2D eigenvalue weighted by atomic mass is 9.96. The first-order chi connectivity index (χ1) is 21.8. The fourth-order valence-corrected chi connectivity index (χ4v) is 6.80. The van der Waals surface area contributed by atoms with Crippen LogP contribution in [0.3, 0.4) is 0 Å². The molecule has 257 valence electrons. The van der Waals surface area contributed by atoms with Gasteiger partial charge in [-0.15, -0.1) is 0 Å². The van der Waals surface area contributed by atoms with Gasteiger partial charge < -0.3 is 0 Å². The molecule has 0 atom stereocenters. The summed E-state index contributed by atoms with van der Waals surface area (Å²) in [6.07, 6.45) is 46.0. The van der Waals surface area contributed by atoms with Crippen LogP contribution in [-0.4, -0.2) is 9.97 Å². The number of aryl methyl sites for hydroxylation is 2. The van der Waals surface area contributed by atoms with Crippen LogP contribution in [0, 0.1) is 6.92 Å². The second-order valence-electron chi connectivity index (χ2n) is 14.1. The molecule has 1 rings (SSSR count). The SMILES string of the molecule is [CH2]Cc1nc(CCCCCCCCCCCC)c(CCCCCCCCCCCC)c(CCCCCCCCCCCC)n1. The van der Waals surface area contributed by atoms with Crippen LogP contribution in [0.2, 0.25) is 0 Å². The van der Waals surface area contributed by atoms with Crippen molar-refractivity contribution in [2.45, 2.75) is 239 Å². The maximum atomic E-state index is 5.12. The van der Waals surface area contributed by atoms with E-state index in [1.54, 1.807) is 0 Å². The molecule has 0 spiro atoms. The molecule has 2 nitrogen and oxygen atoms in total. The third-order valence-electron chi connectivity index (χ3n) is 9.76. The number of unbranched alkanes of at least 4 members (excludes halogenated alkanes) is 27. The molecule has 0 saturated heterocycles. The second kappa shape index (κ2) is 32.0. The van der Waals surface area contributed by atoms with Crippen molar-refractivity contribution in [1.29, 1.82) is 0 Å². The molecule has 0 aliphatic carbocycles. The Labute approximate surface area is 278 Å². The van der Waals surface area contributed by atoms with Gasteiger partial charge in [0.15, 0.2) is 0 Å². The third-order valence-corrected chi connectivity index (χ3v) is 9.76. The van der Waals surface area contributed by atoms with Crippen LogP contribution in [0.15, 0.2) is 0 Å². The lowest BCUT2D eigenvalue weighted by molar-refractivity contribution is 0.547. The molecule has 1 heterocycles. The van der Waals surface area contributed by atoms with Gasteiger partial charge in [0.25, 0.3) is 0 Å². The van der Waals surface area contributed by atoms with E-state index in [2.05, 4.69) is 27.7 Å². The molecular formula is C42H79N2. The van der Waals surface area contributed by atoms with Crippen LogP contribution in [0.1, 0.15) is 236 Å². The smallest absolute Gasteiger partial charge is 0.128 e. The Hall–Kier alpha value is -0.920. The fourth-order valence-electron chi connectivity index (χ4n) is 6.80. The first-order valence-electron chi connectivity index (χ1n) is 20.4. The molecular weight excluding hydrogens is 532 g/mol. The lowest BCUT2D eigenvalue weighted by Gasteiger charge is -2.16. The second-order valence-corrected chi connectivity index (χ2v) is 14.1. The maximum absolute atomic E-state index is 5.12. The molecule has 44 heavy (non-hydrogen) atoms. The summed E-state index contributed by atoms with van der Waals surface area (Å²) in [5.41, 5.74) is 4.31. The Morgan fingerprint density at radius 1 is 0.341 bits per heavy atom. The minimum absolute atomic E-state index is 0.717. The number of nitrogens with zero attached hydrogens (tertiary/aromatic N) is 2. The van der Waals surface area contributed by atoms with E-state index in [0.29, 0.717) is 6.42 Å². The van der Waals surface area contributed by atoms with Gasteiger partial charge in [0.1, 0.15) is 5.82 Å². The highest BCUT2D eigenvalue weighted by Crippen LogP contribution is 2.22. The number of aromatic nitrogens is 2. The van der Waals surface area contributed by atoms with Gasteiger partial charge in [0.2, 0.25) is 0 Å². The molecule has 0 fully saturated rings. The topological polar surface area (TPSA) is 25.8 Å². The van der Waals surface area contributed by atoms with Crippen molar-refractivity contribution in [2.75, 3.05) is 0 Å². The van der Waals surface area contributed by atoms with E-state index in [1.807, 2.05) is 0 Å². The quantitative estimate of drug-likeness (QED) is 0.0724. The van der Waals surface area contributed by atoms with Crippen LogP contribution in [0.25, 0.3) is 0 Å². The minimum atomic E-state index is 0.717. The Morgan fingerprint density at radius 3 is 0.864 bits per heavy atom. The molecule has 0 unspecified atom stereocenters. The van der Waals surface area contributed by atoms with E-state index in [4.69, 9.17) is 9.97 Å². The van der Waals surface area contributed by atoms with Crippen LogP contribution < -0.4 is 0 Å². The van der Waals surface area contributed by atoms with Crippen LogP contribution in [0.5, 0.6) is 0 Å². The van der Waals surface area contributed by atoms with Gasteiger partial charge >= 0.3 is 0 Å². The summed E-state index contributed by atoms with van der Waals surface area (Å²) in [4.78, 5) is 10.2. The largest absolute Gasteiger partial charge is 0.238 e. The van der Waals surface area contributed by atoms with Crippen molar-refractivity contribution < 1.29 is 0 Å². The Morgan fingerprint density at radius 2 is 0.591 bits per heavy atom. The van der Waals surface area contributed by atoms with E-state index in [9.17, 15) is 0 Å². The minimum Gasteiger partial charge on any atom is -0.238 e. The van der Waals surface area contributed by atoms with Crippen molar-refractivity contribution in [3.05, 3.63) is 29.7 Å². The first kappa shape index (κ1) is 41.1. The van der Waals surface area contributed by atoms with Crippen molar-refractivity contribution in [2.24, 2.45) is 0 Å². The molecule has 0 bridgehead atoms. The normalized spacial score (nSPS) is 11.5. The van der Waals surface area contributed by atoms with Crippen molar-refractivity contribution in [3.8, 4) is 0 Å². The highest BCUT2D eigenvalue weighted by atomic mass is 14.9. The molecule has 0 saturated carbocycles. The van der Waals surface area contributed by atoms with Crippen LogP contribution in [0.4, 0.5) is 0 Å². The van der Waals surface area contributed by atoms with Crippen molar-refractivity contribution in [1.82, 2.24) is 9.97 Å². The molecule has 1 aromatic heterocycles. The fraction of sp³-hybridized carbons (Fsp3) is 0.881. The van der Waals surface area contributed by atoms with Gasteiger partial charge in [-0.1, -0.05) is 194 Å². The molecule has 0 aliphatic heterocycles. The van der Waals surface area contributed by atoms with Gasteiger partial charge in [0.05, 0.1) is 0 Å². The summed E-state index contributed by atoms with van der Waals surface area (Å²) in [5.74, 6) is 0.987. The zero-order valence-corrected chi connectivity index (χ0v) is 30.6. The Balaban J connectivity index is 2.57. The number of hydrogen-bond donors (Lipinski definition) is 0. The van der Waals surface area contributed by atoms with Gasteiger partial charge in [-0.2, -0.15) is 0 Å². The van der Waals surface area contributed by atoms with Gasteiger partial charge in [0, 0.05) is 17.8 Å². The molecule has 1 aromatic rings. The standard InChI is InChI=1S/C42H79N2/c1-5-9-12-15-18-21-24-27-30-33-36-39-40(37-34-31-28-25-22-19-16-13-10-6-2)43-42(8-4)44-41(39)38-35-32-29-26-23-20-17-14-11-7-3/h4-38H2,1-3H3. The maximum Gasteiger partial charge on any atom is 0.128 e. The highest BCUT2D eigenvalue weighted by molar-refractivity contribution is 5.27. The average molecular weight is 612 g/mol. The Kier molecular flexibility index (Phi) is 29.9. The predicted octanol–water partition coefficient (Wildman–Crippen LogP) is 14.2. The molecule has 2 heteroatoms. The van der Waals surface area contributed by atoms with Gasteiger partial charge in [-0.05, 0) is 51.0 Å². The zero-order valence-electron chi connectivity index (χ0n) is 30.6. The van der Waals surface area contributed by atoms with Gasteiger partial charge in [-0.3, -0.25) is 0 Å². The van der Waals surface area contributed by atoms with Crippen molar-refractivity contribution in [3.63, 3.8) is 0 Å². The average Bonchev–Trinajstić information content (AvgIpc) is 3.04. The summed E-state index contributed by atoms with van der Waals surface area (Å²) in [7, 11) is 0. The molecule has 0 aromatic carbocycles. The van der Waals surface area contributed by atoms with Crippen LogP contribution in [-0.2, 0) is 25.7 Å². The summed E-state index contributed by atoms with van der Waals surface area (Å²) < 4.78 is 0.